The van der Waals surface area contributed by atoms with E-state index in [0.29, 0.717) is 12.1 Å². The van der Waals surface area contributed by atoms with Gasteiger partial charge < -0.3 is 15.2 Å². The molecular weight excluding hydrogens is 450 g/mol. The first kappa shape index (κ1) is 23.7. The highest BCUT2D eigenvalue weighted by Crippen LogP contribution is 3.02. The lowest BCUT2D eigenvalue weighted by atomic mass is 10.1. The molecule has 30 heavy (non-hydrogen) atoms. The zero-order chi connectivity index (χ0) is 23.1. The number of rotatable bonds is 6. The number of hydrogen-bond donors (Lipinski definition) is 2. The van der Waals surface area contributed by atoms with Gasteiger partial charge in [0.1, 0.15) is 17.3 Å². The summed E-state index contributed by atoms with van der Waals surface area (Å²) in [6.45, 7) is -0.0446. The van der Waals surface area contributed by atoms with Gasteiger partial charge in [-0.2, -0.15) is 13.2 Å². The minimum Gasteiger partial charge on any atom is -0.489 e. The van der Waals surface area contributed by atoms with E-state index in [9.17, 15) is 42.5 Å². The van der Waals surface area contributed by atoms with Gasteiger partial charge in [-0.3, -0.25) is 4.79 Å². The maximum atomic E-state index is 12.9. The third-order valence-electron chi connectivity index (χ3n) is 3.75. The van der Waals surface area contributed by atoms with Crippen LogP contribution in [0.2, 0.25) is 0 Å². The van der Waals surface area contributed by atoms with Gasteiger partial charge in [-0.1, -0.05) is 31.6 Å². The number of ether oxygens (including phenoxy) is 1. The number of para-hydroxylation sites is 1. The van der Waals surface area contributed by atoms with Crippen LogP contribution >= 0.6 is 10.2 Å². The van der Waals surface area contributed by atoms with Crippen LogP contribution in [0, 0.1) is 0 Å². The lowest BCUT2D eigenvalue weighted by molar-refractivity contribution is -0.140. The van der Waals surface area contributed by atoms with Crippen LogP contribution in [-0.4, -0.2) is 23.2 Å². The largest absolute Gasteiger partial charge is 0.489 e. The van der Waals surface area contributed by atoms with E-state index in [-0.39, 0.29) is 17.8 Å². The van der Waals surface area contributed by atoms with Crippen molar-refractivity contribution in [2.75, 3.05) is 11.9 Å². The number of hydrogen-bond acceptors (Lipinski definition) is 3. The van der Waals surface area contributed by atoms with E-state index in [1.54, 1.807) is 0 Å². The van der Waals surface area contributed by atoms with Crippen molar-refractivity contribution in [3.8, 4) is 5.75 Å². The fraction of sp³-hybridized carbons (Fsp3) is 0.235. The molecule has 2 N–H and O–H groups in total. The van der Waals surface area contributed by atoms with Gasteiger partial charge in [0.25, 0.3) is 5.91 Å². The summed E-state index contributed by atoms with van der Waals surface area (Å²) in [4.78, 5) is 9.94. The number of aliphatic hydroxyl groups is 1. The first-order chi connectivity index (χ1) is 13.3. The molecule has 13 heteroatoms. The van der Waals surface area contributed by atoms with Crippen LogP contribution in [0.15, 0.2) is 53.4 Å². The summed E-state index contributed by atoms with van der Waals surface area (Å²) in [7, 11) is -9.89. The minimum atomic E-state index is -9.89. The number of carbonyl (C=O) groups is 1. The fourth-order valence-corrected chi connectivity index (χ4v) is 2.82. The van der Waals surface area contributed by atoms with Gasteiger partial charge in [0.05, 0.1) is 5.56 Å². The van der Waals surface area contributed by atoms with E-state index in [2.05, 4.69) is 0 Å². The van der Waals surface area contributed by atoms with Gasteiger partial charge >= 0.3 is 16.4 Å². The summed E-state index contributed by atoms with van der Waals surface area (Å²) in [6.07, 6.45) is -4.75. The molecule has 0 saturated carbocycles. The van der Waals surface area contributed by atoms with E-state index < -0.39 is 50.7 Å². The minimum absolute atomic E-state index is 0.0575. The van der Waals surface area contributed by atoms with Gasteiger partial charge in [0.2, 0.25) is 0 Å². The monoisotopic (exact) mass is 465 g/mol. The van der Waals surface area contributed by atoms with Crippen molar-refractivity contribution in [2.24, 2.45) is 0 Å². The standard InChI is InChI=1S/C17H15F8NO3S/c1-16(28,10-29-14-5-3-2-4-13(14)17(18,19)20)15(27)26-11-6-8-12(9-7-11)30(21,22,23,24)25/h2-9,28H,10H2,1H3,(H,26,27). The van der Waals surface area contributed by atoms with Gasteiger partial charge in [0.15, 0.2) is 5.60 Å². The molecule has 2 aromatic rings. The molecule has 0 heterocycles. The van der Waals surface area contributed by atoms with Crippen LogP contribution in [0.25, 0.3) is 0 Å². The Kier molecular flexibility index (Phi) is 5.33. The second-order valence-corrected chi connectivity index (χ2v) is 8.91. The Morgan fingerprint density at radius 1 is 1.00 bits per heavy atom. The Bertz CT molecular complexity index is 941. The number of amides is 1. The summed E-state index contributed by atoms with van der Waals surface area (Å²) < 4.78 is 107. The smallest absolute Gasteiger partial charge is 0.419 e. The molecule has 2 rings (SSSR count). The fourth-order valence-electron chi connectivity index (χ4n) is 2.17. The molecule has 0 saturated heterocycles. The van der Waals surface area contributed by atoms with Crippen LogP contribution in [0.4, 0.5) is 38.3 Å². The molecule has 1 amide bonds. The third kappa shape index (κ3) is 5.98. The lowest BCUT2D eigenvalue weighted by Gasteiger charge is -2.40. The quantitative estimate of drug-likeness (QED) is 0.505. The van der Waals surface area contributed by atoms with Crippen molar-refractivity contribution in [3.63, 3.8) is 0 Å². The predicted octanol–water partition coefficient (Wildman–Crippen LogP) is 6.13. The maximum Gasteiger partial charge on any atom is 0.419 e. The highest BCUT2D eigenvalue weighted by Gasteiger charge is 2.65. The molecule has 0 aromatic heterocycles. The Morgan fingerprint density at radius 3 is 2.03 bits per heavy atom. The summed E-state index contributed by atoms with van der Waals surface area (Å²) in [5, 5.41) is 12.1. The molecule has 1 atom stereocenters. The molecule has 168 valence electrons. The van der Waals surface area contributed by atoms with E-state index in [1.165, 1.54) is 6.07 Å². The maximum absolute atomic E-state index is 12.9. The van der Waals surface area contributed by atoms with Crippen molar-refractivity contribution in [3.05, 3.63) is 54.1 Å². The van der Waals surface area contributed by atoms with Crippen molar-refractivity contribution in [1.29, 1.82) is 0 Å². The molecule has 0 radical (unpaired) electrons. The second kappa shape index (κ2) is 6.74. The molecule has 4 nitrogen and oxygen atoms in total. The highest BCUT2D eigenvalue weighted by molar-refractivity contribution is 8.45. The van der Waals surface area contributed by atoms with Crippen molar-refractivity contribution < 1.29 is 47.2 Å². The Balaban J connectivity index is 2.11. The first-order valence-electron chi connectivity index (χ1n) is 7.97. The van der Waals surface area contributed by atoms with Gasteiger partial charge in [-0.15, -0.1) is 0 Å². The summed E-state index contributed by atoms with van der Waals surface area (Å²) >= 11 is 0. The predicted molar refractivity (Wildman–Crippen MR) is 94.0 cm³/mol. The zero-order valence-corrected chi connectivity index (χ0v) is 15.8. The van der Waals surface area contributed by atoms with Crippen LogP contribution in [0.1, 0.15) is 12.5 Å². The molecule has 1 unspecified atom stereocenters. The Labute approximate surface area is 165 Å². The van der Waals surface area contributed by atoms with E-state index in [1.807, 2.05) is 5.32 Å². The summed E-state index contributed by atoms with van der Waals surface area (Å²) in [6, 6.07) is 5.24. The average molecular weight is 465 g/mol. The van der Waals surface area contributed by atoms with Crippen molar-refractivity contribution in [1.82, 2.24) is 0 Å². The number of anilines is 1. The topological polar surface area (TPSA) is 58.6 Å². The molecule has 2 aromatic carbocycles. The lowest BCUT2D eigenvalue weighted by Crippen LogP contribution is -2.45. The second-order valence-electron chi connectivity index (χ2n) is 6.50. The van der Waals surface area contributed by atoms with Crippen LogP contribution < -0.4 is 10.1 Å². The molecule has 0 fully saturated rings. The molecule has 0 spiro atoms. The number of alkyl halides is 3. The third-order valence-corrected chi connectivity index (χ3v) is 4.91. The van der Waals surface area contributed by atoms with Crippen LogP contribution in [0.5, 0.6) is 5.75 Å². The number of benzene rings is 2. The number of halogens is 8. The molecule has 0 aliphatic heterocycles. The summed E-state index contributed by atoms with van der Waals surface area (Å²) in [5.74, 6) is -1.90. The molecule has 0 aliphatic carbocycles. The Morgan fingerprint density at radius 2 is 1.53 bits per heavy atom. The molecular formula is C17H15F8NO3S. The van der Waals surface area contributed by atoms with E-state index in [4.69, 9.17) is 4.74 Å². The van der Waals surface area contributed by atoms with Crippen LogP contribution in [0.3, 0.4) is 0 Å². The highest BCUT2D eigenvalue weighted by atomic mass is 32.5. The van der Waals surface area contributed by atoms with Crippen molar-refractivity contribution >= 4 is 21.8 Å². The van der Waals surface area contributed by atoms with Gasteiger partial charge in [-0.25, -0.2) is 0 Å². The summed E-state index contributed by atoms with van der Waals surface area (Å²) in [5.41, 5.74) is -3.91. The van der Waals surface area contributed by atoms with E-state index in [0.717, 1.165) is 25.1 Å². The van der Waals surface area contributed by atoms with E-state index >= 15 is 0 Å². The molecule has 0 bridgehead atoms. The first-order valence-corrected chi connectivity index (χ1v) is 9.92. The normalized spacial score (nSPS) is 16.7. The SMILES string of the molecule is CC(O)(COc1ccccc1C(F)(F)F)C(=O)Nc1ccc(S(F)(F)(F)(F)F)cc1. The van der Waals surface area contributed by atoms with Crippen molar-refractivity contribution in [2.45, 2.75) is 23.6 Å². The number of carbonyl (C=O) groups excluding carboxylic acids is 1. The zero-order valence-electron chi connectivity index (χ0n) is 15.0. The van der Waals surface area contributed by atoms with Crippen LogP contribution in [-0.2, 0) is 11.0 Å². The van der Waals surface area contributed by atoms with Gasteiger partial charge in [0, 0.05) is 5.69 Å². The van der Waals surface area contributed by atoms with Gasteiger partial charge in [-0.05, 0) is 43.3 Å². The number of nitrogens with one attached hydrogen (secondary N) is 1. The average Bonchev–Trinajstić information content (AvgIpc) is 2.58. The Hall–Kier alpha value is -2.54. The molecule has 0 aliphatic rings.